The minimum Gasteiger partial charge on any atom is -0.259 e. The van der Waals surface area contributed by atoms with Crippen molar-refractivity contribution in [3.63, 3.8) is 0 Å². The molecule has 22 nitrogen and oxygen atoms in total. The van der Waals surface area contributed by atoms with Crippen molar-refractivity contribution < 1.29 is 18.5 Å². The molecule has 10 heterocycles. The molecule has 16 rings (SSSR count). The van der Waals surface area contributed by atoms with Crippen LogP contribution in [0.1, 0.15) is 89.4 Å². The third kappa shape index (κ3) is 15.3. The zero-order valence-electron chi connectivity index (χ0n) is 51.4. The van der Waals surface area contributed by atoms with Crippen molar-refractivity contribution in [2.45, 2.75) is 111 Å². The number of aromatic nitrogens is 18. The summed E-state index contributed by atoms with van der Waals surface area (Å²) in [5.41, 5.74) is 33.3. The summed E-state index contributed by atoms with van der Waals surface area (Å²) in [5.74, 6) is 0. The number of nitrogens with zero attached hydrogens (tertiary/aromatic N) is 18. The van der Waals surface area contributed by atoms with Crippen LogP contribution in [0.25, 0.3) is 88.3 Å². The van der Waals surface area contributed by atoms with Gasteiger partial charge in [-0.15, -0.1) is 0 Å². The van der Waals surface area contributed by atoms with E-state index in [-0.39, 0.29) is 29.9 Å². The molecule has 0 N–H and O–H groups in total. The molecule has 10 aromatic heterocycles. The fourth-order valence-corrected chi connectivity index (χ4v) is 12.2. The Labute approximate surface area is 526 Å². The molecule has 448 valence electrons. The average Bonchev–Trinajstić information content (AvgIpc) is 4.49. The van der Waals surface area contributed by atoms with E-state index >= 15 is 0 Å². The van der Waals surface area contributed by atoms with E-state index in [1.807, 2.05) is 85.7 Å². The van der Waals surface area contributed by atoms with E-state index in [4.69, 9.17) is 0 Å². The Hall–Kier alpha value is -8.90. The van der Waals surface area contributed by atoms with Crippen LogP contribution in [0, 0.1) is 111 Å². The van der Waals surface area contributed by atoms with Crippen molar-refractivity contribution >= 4 is 142 Å². The Morgan fingerprint density at radius 2 is 0.614 bits per heavy atom. The van der Waals surface area contributed by atoms with Crippen LogP contribution in [0.4, 0.5) is 0 Å². The molecule has 0 saturated heterocycles. The van der Waals surface area contributed by atoms with Crippen LogP contribution >= 0.6 is 23.5 Å². The molecule has 0 aliphatic rings. The van der Waals surface area contributed by atoms with Gasteiger partial charge in [0.2, 0.25) is 0 Å². The van der Waals surface area contributed by atoms with Crippen LogP contribution < -0.4 is 0 Å². The van der Waals surface area contributed by atoms with Gasteiger partial charge in [0, 0.05) is 11.9 Å². The van der Waals surface area contributed by atoms with E-state index in [0.29, 0.717) is 0 Å². The minimum absolute atomic E-state index is 0.110. The SMILES string of the molecule is Cc1cc2n[se]nc2cc1C.Cc1cc2nonc2c(C)n1.Cc1cc2nonc2cc1C.Cc1cc2nsnc2cc1C.Cc1ccc(C)c2n[se]nc12.Cc1ccc(C)c2nonc12.Cc1ccc(C)c2nsnc12.Cc1cnc(C)c2nonc12. The van der Waals surface area contributed by atoms with Gasteiger partial charge in [0.1, 0.15) is 55.2 Å². The molecular formula is C62H62N18O4S2Se2. The van der Waals surface area contributed by atoms with Crippen LogP contribution in [-0.4, -0.2) is 115 Å². The average molecular weight is 1350 g/mol. The second-order valence-electron chi connectivity index (χ2n) is 21.0. The molecule has 0 atom stereocenters. The molecule has 0 amide bonds. The van der Waals surface area contributed by atoms with E-state index in [1.165, 1.54) is 79.1 Å². The Bertz CT molecular complexity index is 4270. The Balaban J connectivity index is 0.000000120. The number of rotatable bonds is 0. The van der Waals surface area contributed by atoms with Gasteiger partial charge in [-0.25, -0.2) is 18.5 Å². The minimum atomic E-state index is 0.110. The summed E-state index contributed by atoms with van der Waals surface area (Å²) in [6.07, 6.45) is 1.77. The third-order valence-electron chi connectivity index (χ3n) is 14.3. The first-order valence-electron chi connectivity index (χ1n) is 27.5. The second kappa shape index (κ2) is 28.7. The first-order chi connectivity index (χ1) is 42.2. The number of hydrogen-bond donors (Lipinski definition) is 0. The van der Waals surface area contributed by atoms with Crippen LogP contribution in [0.15, 0.2) is 104 Å². The fraction of sp³-hybridized carbons (Fsp3) is 0.258. The van der Waals surface area contributed by atoms with E-state index < -0.39 is 0 Å². The largest absolute Gasteiger partial charge is 0.259 e. The third-order valence-corrected chi connectivity index (χ3v) is 17.6. The first-order valence-corrected chi connectivity index (χ1v) is 32.0. The molecule has 0 fully saturated rings. The van der Waals surface area contributed by atoms with Gasteiger partial charge in [-0.1, -0.05) is 24.3 Å². The first kappa shape index (κ1) is 63.6. The van der Waals surface area contributed by atoms with Gasteiger partial charge in [-0.05, 0) is 205 Å². The summed E-state index contributed by atoms with van der Waals surface area (Å²) in [6, 6.07) is 26.6. The van der Waals surface area contributed by atoms with Crippen molar-refractivity contribution in [3.8, 4) is 0 Å². The summed E-state index contributed by atoms with van der Waals surface area (Å²) in [6.45, 7) is 32.4. The molecule has 0 bridgehead atoms. The molecule has 0 aliphatic heterocycles. The van der Waals surface area contributed by atoms with E-state index in [9.17, 15) is 0 Å². The molecule has 0 unspecified atom stereocenters. The van der Waals surface area contributed by atoms with E-state index in [0.717, 1.165) is 122 Å². The maximum absolute atomic E-state index is 4.63. The molecule has 16 aromatic rings. The molecule has 0 aliphatic carbocycles. The van der Waals surface area contributed by atoms with Crippen molar-refractivity contribution in [2.24, 2.45) is 0 Å². The summed E-state index contributed by atoms with van der Waals surface area (Å²) in [5, 5.41) is 30.0. The van der Waals surface area contributed by atoms with Gasteiger partial charge in [0.05, 0.1) is 34.8 Å². The number of fused-ring (bicyclic) bond motifs is 8. The quantitative estimate of drug-likeness (QED) is 0.127. The monoisotopic (exact) mass is 1350 g/mol. The fourth-order valence-electron chi connectivity index (χ4n) is 8.55. The Morgan fingerprint density at radius 1 is 0.273 bits per heavy atom. The normalized spacial score (nSPS) is 10.7. The predicted octanol–water partition coefficient (Wildman–Crippen LogP) is 13.4. The Kier molecular flexibility index (Phi) is 20.8. The van der Waals surface area contributed by atoms with Crippen molar-refractivity contribution in [2.75, 3.05) is 0 Å². The molecule has 0 spiro atoms. The number of hydrogen-bond acceptors (Lipinski definition) is 24. The second-order valence-corrected chi connectivity index (χ2v) is 24.3. The van der Waals surface area contributed by atoms with Crippen molar-refractivity contribution in [3.05, 3.63) is 174 Å². The molecule has 26 heteroatoms. The van der Waals surface area contributed by atoms with Gasteiger partial charge < -0.3 is 0 Å². The molecule has 88 heavy (non-hydrogen) atoms. The number of aryl methyl sites for hydroxylation is 16. The van der Waals surface area contributed by atoms with Crippen molar-refractivity contribution in [1.82, 2.24) is 84.6 Å². The summed E-state index contributed by atoms with van der Waals surface area (Å²) in [7, 11) is 0. The summed E-state index contributed by atoms with van der Waals surface area (Å²) in [4.78, 5) is 8.33. The van der Waals surface area contributed by atoms with E-state index in [2.05, 4.69) is 207 Å². The predicted molar refractivity (Wildman–Crippen MR) is 346 cm³/mol. The van der Waals surface area contributed by atoms with Gasteiger partial charge >= 0.3 is 142 Å². The number of pyridine rings is 2. The summed E-state index contributed by atoms with van der Waals surface area (Å²) >= 11 is 2.78. The molecule has 6 aromatic carbocycles. The van der Waals surface area contributed by atoms with Crippen LogP contribution in [-0.2, 0) is 0 Å². The zero-order valence-corrected chi connectivity index (χ0v) is 56.5. The molecule has 0 saturated carbocycles. The van der Waals surface area contributed by atoms with Gasteiger partial charge in [-0.3, -0.25) is 9.97 Å². The smallest absolute Gasteiger partial charge is 0.156 e. The van der Waals surface area contributed by atoms with Crippen LogP contribution in [0.5, 0.6) is 0 Å². The van der Waals surface area contributed by atoms with Crippen molar-refractivity contribution in [1.29, 1.82) is 0 Å². The topological polar surface area (TPSA) is 285 Å². The molecule has 0 radical (unpaired) electrons. The summed E-state index contributed by atoms with van der Waals surface area (Å²) < 4.78 is 52.4. The van der Waals surface area contributed by atoms with Gasteiger partial charge in [0.25, 0.3) is 0 Å². The van der Waals surface area contributed by atoms with Gasteiger partial charge in [-0.2, -0.15) is 17.5 Å². The zero-order chi connectivity index (χ0) is 62.8. The Morgan fingerprint density at radius 3 is 1.08 bits per heavy atom. The maximum atomic E-state index is 4.63. The number of benzene rings is 6. The van der Waals surface area contributed by atoms with E-state index in [1.54, 1.807) is 6.20 Å². The van der Waals surface area contributed by atoms with Gasteiger partial charge in [0.15, 0.2) is 11.0 Å². The standard InChI is InChI=1S/2C8H8N2O.2C8H8N2S.2C8H8N2Se.2C7H7N3O/c1-5-3-7-8(4-6(5)2)10-11-9-7;1-5-3-4-6(2)8-7(5)9-11-10-8;1-5-3-7-8(4-6(5)2)10-11-9-7;1-5-3-4-6(2)8-7(5)9-11-10-8;1-5-3-7-8(4-6(5)2)10-11-9-7;1-5-3-4-6(2)8-7(5)9-11-10-8;1-4-3-8-5(2)7-6(4)9-11-10-7;1-4-3-6-7(5(2)8-4)10-11-9-6/h6*3-4H,1-2H3;2*3H,1-2H3. The maximum Gasteiger partial charge on any atom is 0.156 e. The van der Waals surface area contributed by atoms with Crippen LogP contribution in [0.3, 0.4) is 0 Å². The molecular weight excluding hydrogens is 1280 g/mol. The van der Waals surface area contributed by atoms with Crippen LogP contribution in [0.2, 0.25) is 0 Å².